The van der Waals surface area contributed by atoms with E-state index >= 15 is 0 Å². The number of hydrogen-bond donors (Lipinski definition) is 3. The summed E-state index contributed by atoms with van der Waals surface area (Å²) in [5, 5.41) is 0.864. The van der Waals surface area contributed by atoms with Gasteiger partial charge in [-0.15, -0.1) is 11.8 Å². The number of urea groups is 1. The molecule has 22 heavy (non-hydrogen) atoms. The number of hydrogen-bond acceptors (Lipinski definition) is 5. The highest BCUT2D eigenvalue weighted by molar-refractivity contribution is 7.98. The molecule has 0 atom stereocenters. The predicted molar refractivity (Wildman–Crippen MR) is 83.4 cm³/mol. The van der Waals surface area contributed by atoms with E-state index in [4.69, 9.17) is 16.1 Å². The number of nitrogens with zero attached hydrogens (tertiary/aromatic N) is 1. The molecule has 0 saturated heterocycles. The summed E-state index contributed by atoms with van der Waals surface area (Å²) >= 11 is 1.35. The molecule has 0 aliphatic heterocycles. The predicted octanol–water partition coefficient (Wildman–Crippen LogP) is 2.54. The fourth-order valence-electron chi connectivity index (χ4n) is 1.99. The molecule has 0 aliphatic rings. The number of furan rings is 1. The third-order valence-electron chi connectivity index (χ3n) is 3.08. The van der Waals surface area contributed by atoms with Crippen molar-refractivity contribution in [3.8, 4) is 0 Å². The molecule has 2 amide bonds. The average Bonchev–Trinajstić information content (AvgIpc) is 3.04. The van der Waals surface area contributed by atoms with Crippen molar-refractivity contribution in [3.05, 3.63) is 47.7 Å². The van der Waals surface area contributed by atoms with Crippen molar-refractivity contribution in [3.63, 3.8) is 0 Å². The van der Waals surface area contributed by atoms with Gasteiger partial charge in [-0.05, 0) is 30.7 Å². The van der Waals surface area contributed by atoms with Crippen molar-refractivity contribution < 1.29 is 13.6 Å². The van der Waals surface area contributed by atoms with Crippen LogP contribution in [0, 0.1) is 5.82 Å². The van der Waals surface area contributed by atoms with Crippen LogP contribution in [0.25, 0.3) is 0 Å². The number of halogens is 1. The highest BCUT2D eigenvalue weighted by atomic mass is 32.2. The lowest BCUT2D eigenvalue weighted by atomic mass is 10.1. The second-order valence-electron chi connectivity index (χ2n) is 4.42. The molecule has 6 nitrogen and oxygen atoms in total. The third-order valence-corrected chi connectivity index (χ3v) is 4.25. The maximum Gasteiger partial charge on any atom is 0.350 e. The zero-order valence-electron chi connectivity index (χ0n) is 12.0. The van der Waals surface area contributed by atoms with E-state index in [1.165, 1.54) is 23.9 Å². The quantitative estimate of drug-likeness (QED) is 0.340. The molecule has 118 valence electrons. The summed E-state index contributed by atoms with van der Waals surface area (Å²) in [6.07, 6.45) is 2.04. The van der Waals surface area contributed by atoms with Crippen LogP contribution in [0.5, 0.6) is 0 Å². The molecule has 8 heteroatoms. The molecule has 1 aromatic heterocycles. The first kappa shape index (κ1) is 16.3. The smallest absolute Gasteiger partial charge is 0.350 e. The number of nitrogens with one attached hydrogen (secondary N) is 1. The molecular weight excluding hydrogens is 307 g/mol. The molecule has 1 heterocycles. The van der Waals surface area contributed by atoms with E-state index in [-0.39, 0.29) is 5.82 Å². The first-order chi connectivity index (χ1) is 10.6. The molecule has 0 bridgehead atoms. The normalized spacial score (nSPS) is 10.5. The number of amides is 2. The van der Waals surface area contributed by atoms with E-state index in [9.17, 15) is 9.18 Å². The second kappa shape index (κ2) is 7.30. The van der Waals surface area contributed by atoms with Crippen molar-refractivity contribution in [2.75, 3.05) is 5.01 Å². The Bertz CT molecular complexity index is 649. The Morgan fingerprint density at radius 3 is 2.82 bits per heavy atom. The van der Waals surface area contributed by atoms with Gasteiger partial charge in [0.15, 0.2) is 0 Å². The summed E-state index contributed by atoms with van der Waals surface area (Å²) in [5.41, 5.74) is 2.83. The Kier molecular flexibility index (Phi) is 5.42. The molecule has 2 aromatic rings. The van der Waals surface area contributed by atoms with Crippen LogP contribution in [0.2, 0.25) is 0 Å². The molecule has 0 spiro atoms. The number of anilines is 1. The number of carbonyl (C=O) groups is 1. The van der Waals surface area contributed by atoms with Gasteiger partial charge in [0.25, 0.3) is 0 Å². The van der Waals surface area contributed by atoms with Gasteiger partial charge in [0.1, 0.15) is 11.6 Å². The minimum Gasteiger partial charge on any atom is -0.468 e. The fourth-order valence-corrected chi connectivity index (χ4v) is 3.17. The van der Waals surface area contributed by atoms with Crippen LogP contribution in [0.15, 0.2) is 39.8 Å². The van der Waals surface area contributed by atoms with Crippen LogP contribution in [-0.4, -0.2) is 6.03 Å². The summed E-state index contributed by atoms with van der Waals surface area (Å²) in [7, 11) is 0. The van der Waals surface area contributed by atoms with Crippen molar-refractivity contribution in [2.45, 2.75) is 24.0 Å². The lowest BCUT2D eigenvalue weighted by Crippen LogP contribution is -2.47. The van der Waals surface area contributed by atoms with Gasteiger partial charge < -0.3 is 4.42 Å². The molecule has 2 rings (SSSR count). The van der Waals surface area contributed by atoms with Crippen LogP contribution in [0.4, 0.5) is 14.9 Å². The fraction of sp³-hybridized carbons (Fsp3) is 0.214. The minimum atomic E-state index is -0.687. The highest BCUT2D eigenvalue weighted by Crippen LogP contribution is 2.36. The molecule has 0 unspecified atom stereocenters. The summed E-state index contributed by atoms with van der Waals surface area (Å²) in [4.78, 5) is 12.2. The number of benzene rings is 1. The lowest BCUT2D eigenvalue weighted by Gasteiger charge is -2.21. The Morgan fingerprint density at radius 2 is 2.23 bits per heavy atom. The lowest BCUT2D eigenvalue weighted by molar-refractivity contribution is 0.246. The number of thioether (sulfide) groups is 1. The van der Waals surface area contributed by atoms with Gasteiger partial charge >= 0.3 is 6.03 Å². The van der Waals surface area contributed by atoms with E-state index in [0.717, 1.165) is 10.8 Å². The Balaban J connectivity index is 2.37. The molecule has 1 aromatic carbocycles. The summed E-state index contributed by atoms with van der Waals surface area (Å²) < 4.78 is 19.3. The van der Waals surface area contributed by atoms with Gasteiger partial charge in [-0.25, -0.2) is 25.9 Å². The zero-order chi connectivity index (χ0) is 16.1. The van der Waals surface area contributed by atoms with Crippen LogP contribution in [0.1, 0.15) is 18.2 Å². The third kappa shape index (κ3) is 3.41. The second-order valence-corrected chi connectivity index (χ2v) is 5.40. The van der Waals surface area contributed by atoms with E-state index in [1.54, 1.807) is 12.3 Å². The molecular formula is C14H17FN4O2S. The van der Waals surface area contributed by atoms with Crippen molar-refractivity contribution in [1.29, 1.82) is 0 Å². The SMILES string of the molecule is CCc1c(F)ccc(N(N)C(=O)NN)c1SCc1ccco1. The van der Waals surface area contributed by atoms with E-state index < -0.39 is 6.03 Å². The molecule has 0 aliphatic carbocycles. The monoisotopic (exact) mass is 324 g/mol. The van der Waals surface area contributed by atoms with E-state index in [2.05, 4.69) is 0 Å². The van der Waals surface area contributed by atoms with Gasteiger partial charge in [0.2, 0.25) is 0 Å². The van der Waals surface area contributed by atoms with Gasteiger partial charge in [0, 0.05) is 10.5 Å². The van der Waals surface area contributed by atoms with Crippen LogP contribution >= 0.6 is 11.8 Å². The number of hydrazine groups is 2. The topological polar surface area (TPSA) is 97.5 Å². The largest absolute Gasteiger partial charge is 0.468 e. The minimum absolute atomic E-state index is 0.338. The van der Waals surface area contributed by atoms with Crippen molar-refractivity contribution >= 4 is 23.5 Å². The molecule has 0 saturated carbocycles. The summed E-state index contributed by atoms with van der Waals surface area (Å²) in [6, 6.07) is 5.65. The first-order valence-electron chi connectivity index (χ1n) is 6.60. The molecule has 0 fully saturated rings. The number of rotatable bonds is 5. The van der Waals surface area contributed by atoms with Crippen LogP contribution < -0.4 is 22.1 Å². The van der Waals surface area contributed by atoms with Gasteiger partial charge in [0.05, 0.1) is 17.7 Å². The van der Waals surface area contributed by atoms with Gasteiger partial charge in [-0.2, -0.15) is 0 Å². The standard InChI is InChI=1S/C14H17FN4O2S/c1-2-10-11(15)5-6-12(19(17)14(20)18-16)13(10)22-8-9-4-3-7-21-9/h3-7H,2,8,16-17H2,1H3,(H,18,20). The average molecular weight is 324 g/mol. The molecule has 0 radical (unpaired) electrons. The van der Waals surface area contributed by atoms with E-state index in [1.807, 2.05) is 18.4 Å². The zero-order valence-corrected chi connectivity index (χ0v) is 12.8. The van der Waals surface area contributed by atoms with E-state index in [0.29, 0.717) is 28.3 Å². The summed E-state index contributed by atoms with van der Waals surface area (Å²) in [6.45, 7) is 1.84. The Morgan fingerprint density at radius 1 is 1.45 bits per heavy atom. The number of nitrogens with two attached hydrogens (primary N) is 2. The Hall–Kier alpha value is -2.03. The van der Waals surface area contributed by atoms with Gasteiger partial charge in [-0.3, -0.25) is 5.43 Å². The number of carbonyl (C=O) groups excluding carboxylic acids is 1. The summed E-state index contributed by atoms with van der Waals surface area (Å²) in [5.74, 6) is 11.8. The van der Waals surface area contributed by atoms with Crippen molar-refractivity contribution in [1.82, 2.24) is 5.43 Å². The Labute approximate surface area is 131 Å². The van der Waals surface area contributed by atoms with Gasteiger partial charge in [-0.1, -0.05) is 6.92 Å². The van der Waals surface area contributed by atoms with Crippen LogP contribution in [-0.2, 0) is 12.2 Å². The highest BCUT2D eigenvalue weighted by Gasteiger charge is 2.20. The molecule has 5 N–H and O–H groups in total. The van der Waals surface area contributed by atoms with Crippen LogP contribution in [0.3, 0.4) is 0 Å². The maximum absolute atomic E-state index is 14.0. The first-order valence-corrected chi connectivity index (χ1v) is 7.59. The maximum atomic E-state index is 14.0. The van der Waals surface area contributed by atoms with Crippen molar-refractivity contribution in [2.24, 2.45) is 11.7 Å².